The number of amides is 1. The Labute approximate surface area is 179 Å². The monoisotopic (exact) mass is 429 g/mol. The summed E-state index contributed by atoms with van der Waals surface area (Å²) in [5.41, 5.74) is 2.57. The van der Waals surface area contributed by atoms with Crippen molar-refractivity contribution in [3.63, 3.8) is 0 Å². The average molecular weight is 430 g/mol. The first-order chi connectivity index (χ1) is 14.7. The molecule has 0 fully saturated rings. The summed E-state index contributed by atoms with van der Waals surface area (Å²) >= 11 is 6.29. The molecule has 1 aromatic heterocycles. The van der Waals surface area contributed by atoms with Crippen LogP contribution in [0.4, 0.5) is 5.95 Å². The number of ether oxygens (including phenoxy) is 3. The lowest BCUT2D eigenvalue weighted by Gasteiger charge is -2.20. The van der Waals surface area contributed by atoms with Crippen molar-refractivity contribution in [2.24, 2.45) is 0 Å². The number of imidazole rings is 1. The van der Waals surface area contributed by atoms with Gasteiger partial charge in [-0.15, -0.1) is 0 Å². The molecule has 158 valence electrons. The average Bonchev–Trinajstić information content (AvgIpc) is 3.08. The number of hydrogen-bond acceptors (Lipinski definition) is 5. The van der Waals surface area contributed by atoms with Crippen LogP contribution in [0.5, 0.6) is 11.5 Å². The number of aromatic nitrogens is 2. The van der Waals surface area contributed by atoms with Crippen molar-refractivity contribution < 1.29 is 19.0 Å². The Balaban J connectivity index is 1.51. The van der Waals surface area contributed by atoms with Crippen LogP contribution in [-0.4, -0.2) is 41.9 Å². The maximum Gasteiger partial charge on any atom is 0.231 e. The smallest absolute Gasteiger partial charge is 0.231 e. The Kier molecular flexibility index (Phi) is 6.40. The highest BCUT2D eigenvalue weighted by Gasteiger charge is 2.19. The van der Waals surface area contributed by atoms with Crippen LogP contribution < -0.4 is 14.8 Å². The Bertz CT molecular complexity index is 1050. The summed E-state index contributed by atoms with van der Waals surface area (Å²) in [5, 5.41) is 3.39. The second-order valence-electron chi connectivity index (χ2n) is 6.95. The van der Waals surface area contributed by atoms with Crippen molar-refractivity contribution in [2.45, 2.75) is 26.3 Å². The minimum Gasteiger partial charge on any atom is -0.486 e. The van der Waals surface area contributed by atoms with Gasteiger partial charge in [-0.25, -0.2) is 4.98 Å². The largest absolute Gasteiger partial charge is 0.486 e. The van der Waals surface area contributed by atoms with E-state index >= 15 is 0 Å². The van der Waals surface area contributed by atoms with Crippen LogP contribution in [0.15, 0.2) is 36.4 Å². The SMILES string of the molecule is CCOCCCn1c(NC(=O)Cc2cc(Cl)c3c(c2)OCCO3)nc2ccccc21. The number of aryl methyl sites for hydroxylation is 1. The van der Waals surface area contributed by atoms with E-state index in [0.29, 0.717) is 55.4 Å². The normalized spacial score (nSPS) is 12.9. The molecule has 0 bridgehead atoms. The third-order valence-corrected chi connectivity index (χ3v) is 5.08. The molecule has 0 saturated carbocycles. The lowest BCUT2D eigenvalue weighted by Crippen LogP contribution is -2.19. The van der Waals surface area contributed by atoms with E-state index in [9.17, 15) is 4.79 Å². The molecule has 4 rings (SSSR count). The summed E-state index contributed by atoms with van der Waals surface area (Å²) in [5.74, 6) is 1.45. The molecule has 0 atom stereocenters. The third kappa shape index (κ3) is 4.52. The molecule has 0 spiro atoms. The molecule has 2 aromatic carbocycles. The van der Waals surface area contributed by atoms with Gasteiger partial charge in [-0.05, 0) is 43.2 Å². The van der Waals surface area contributed by atoms with Gasteiger partial charge in [-0.1, -0.05) is 23.7 Å². The van der Waals surface area contributed by atoms with Gasteiger partial charge in [-0.3, -0.25) is 10.1 Å². The fourth-order valence-electron chi connectivity index (χ4n) is 3.49. The Hall–Kier alpha value is -2.77. The van der Waals surface area contributed by atoms with Crippen molar-refractivity contribution in [2.75, 3.05) is 31.7 Å². The van der Waals surface area contributed by atoms with Gasteiger partial charge in [0.15, 0.2) is 11.5 Å². The van der Waals surface area contributed by atoms with Crippen LogP contribution >= 0.6 is 11.6 Å². The van der Waals surface area contributed by atoms with E-state index in [1.54, 1.807) is 12.1 Å². The summed E-state index contributed by atoms with van der Waals surface area (Å²) in [7, 11) is 0. The summed E-state index contributed by atoms with van der Waals surface area (Å²) in [6.45, 7) is 4.95. The Morgan fingerprint density at radius 2 is 2.10 bits per heavy atom. The van der Waals surface area contributed by atoms with Gasteiger partial charge in [0, 0.05) is 19.8 Å². The number of anilines is 1. The van der Waals surface area contributed by atoms with Gasteiger partial charge in [0.25, 0.3) is 0 Å². The minimum atomic E-state index is -0.177. The van der Waals surface area contributed by atoms with Crippen molar-refractivity contribution in [1.82, 2.24) is 9.55 Å². The molecular weight excluding hydrogens is 406 g/mol. The maximum atomic E-state index is 12.8. The van der Waals surface area contributed by atoms with Gasteiger partial charge in [0.05, 0.1) is 22.5 Å². The zero-order chi connectivity index (χ0) is 20.9. The van der Waals surface area contributed by atoms with Crippen LogP contribution in [0.3, 0.4) is 0 Å². The van der Waals surface area contributed by atoms with E-state index < -0.39 is 0 Å². The summed E-state index contributed by atoms with van der Waals surface area (Å²) in [6.07, 6.45) is 0.980. The molecule has 30 heavy (non-hydrogen) atoms. The topological polar surface area (TPSA) is 74.6 Å². The summed E-state index contributed by atoms with van der Waals surface area (Å²) < 4.78 is 18.6. The van der Waals surface area contributed by atoms with Crippen LogP contribution in [-0.2, 0) is 22.5 Å². The number of nitrogens with zero attached hydrogens (tertiary/aromatic N) is 2. The van der Waals surface area contributed by atoms with Crippen molar-refractivity contribution in [3.05, 3.63) is 47.0 Å². The number of carbonyl (C=O) groups is 1. The molecule has 0 aliphatic carbocycles. The fourth-order valence-corrected chi connectivity index (χ4v) is 3.77. The molecule has 3 aromatic rings. The molecule has 0 saturated heterocycles. The Morgan fingerprint density at radius 3 is 2.97 bits per heavy atom. The zero-order valence-corrected chi connectivity index (χ0v) is 17.6. The molecule has 2 heterocycles. The van der Waals surface area contributed by atoms with E-state index in [1.807, 2.05) is 35.8 Å². The number of rotatable bonds is 8. The van der Waals surface area contributed by atoms with E-state index in [1.165, 1.54) is 0 Å². The standard InChI is InChI=1S/C22H24ClN3O4/c1-2-28-9-5-8-26-18-7-4-3-6-17(18)24-22(26)25-20(27)14-15-12-16(23)21-19(13-15)29-10-11-30-21/h3-4,6-7,12-13H,2,5,8-11,14H2,1H3,(H,24,25,27). The van der Waals surface area contributed by atoms with E-state index in [-0.39, 0.29) is 12.3 Å². The molecule has 8 heteroatoms. The van der Waals surface area contributed by atoms with Gasteiger partial charge < -0.3 is 18.8 Å². The van der Waals surface area contributed by atoms with Crippen molar-refractivity contribution >= 4 is 34.5 Å². The van der Waals surface area contributed by atoms with Gasteiger partial charge in [0.2, 0.25) is 11.9 Å². The van der Waals surface area contributed by atoms with Gasteiger partial charge >= 0.3 is 0 Å². The molecule has 1 amide bonds. The number of fused-ring (bicyclic) bond motifs is 2. The highest BCUT2D eigenvalue weighted by Crippen LogP contribution is 2.38. The van der Waals surface area contributed by atoms with E-state index in [0.717, 1.165) is 23.0 Å². The fraction of sp³-hybridized carbons (Fsp3) is 0.364. The second kappa shape index (κ2) is 9.36. The molecule has 1 aliphatic heterocycles. The lowest BCUT2D eigenvalue weighted by molar-refractivity contribution is -0.115. The predicted octanol–water partition coefficient (Wildman–Crippen LogP) is 4.07. The molecule has 1 aliphatic rings. The van der Waals surface area contributed by atoms with Crippen molar-refractivity contribution in [3.8, 4) is 11.5 Å². The van der Waals surface area contributed by atoms with Crippen LogP contribution in [0.25, 0.3) is 11.0 Å². The van der Waals surface area contributed by atoms with Crippen LogP contribution in [0.2, 0.25) is 5.02 Å². The predicted molar refractivity (Wildman–Crippen MR) is 116 cm³/mol. The van der Waals surface area contributed by atoms with E-state index in [2.05, 4.69) is 10.3 Å². The molecular formula is C22H24ClN3O4. The number of hydrogen-bond donors (Lipinski definition) is 1. The first-order valence-corrected chi connectivity index (χ1v) is 10.4. The molecule has 0 radical (unpaired) electrons. The van der Waals surface area contributed by atoms with Gasteiger partial charge in [0.1, 0.15) is 13.2 Å². The maximum absolute atomic E-state index is 12.8. The van der Waals surface area contributed by atoms with Gasteiger partial charge in [-0.2, -0.15) is 0 Å². The first kappa shape index (κ1) is 20.5. The minimum absolute atomic E-state index is 0.151. The zero-order valence-electron chi connectivity index (χ0n) is 16.8. The number of benzene rings is 2. The van der Waals surface area contributed by atoms with Crippen LogP contribution in [0.1, 0.15) is 18.9 Å². The molecule has 7 nitrogen and oxygen atoms in total. The second-order valence-corrected chi connectivity index (χ2v) is 7.36. The number of para-hydroxylation sites is 2. The number of nitrogens with one attached hydrogen (secondary N) is 1. The quantitative estimate of drug-likeness (QED) is 0.546. The number of carbonyl (C=O) groups excluding carboxylic acids is 1. The summed E-state index contributed by atoms with van der Waals surface area (Å²) in [4.78, 5) is 17.4. The van der Waals surface area contributed by atoms with Crippen LogP contribution in [0, 0.1) is 0 Å². The molecule has 1 N–H and O–H groups in total. The van der Waals surface area contributed by atoms with Crippen molar-refractivity contribution in [1.29, 1.82) is 0 Å². The third-order valence-electron chi connectivity index (χ3n) is 4.80. The molecule has 0 unspecified atom stereocenters. The van der Waals surface area contributed by atoms with E-state index in [4.69, 9.17) is 25.8 Å². The Morgan fingerprint density at radius 1 is 1.27 bits per heavy atom. The number of halogens is 1. The lowest BCUT2D eigenvalue weighted by atomic mass is 10.1. The highest BCUT2D eigenvalue weighted by molar-refractivity contribution is 6.32. The summed E-state index contributed by atoms with van der Waals surface area (Å²) in [6, 6.07) is 11.4. The highest BCUT2D eigenvalue weighted by atomic mass is 35.5. The first-order valence-electron chi connectivity index (χ1n) is 10.1.